The summed E-state index contributed by atoms with van der Waals surface area (Å²) in [5, 5.41) is 10.9. The Balaban J connectivity index is 1.55. The van der Waals surface area contributed by atoms with Gasteiger partial charge >= 0.3 is 0 Å². The van der Waals surface area contributed by atoms with E-state index in [2.05, 4.69) is 31.6 Å². The molecule has 0 amide bonds. The third-order valence-electron chi connectivity index (χ3n) is 2.35. The summed E-state index contributed by atoms with van der Waals surface area (Å²) < 4.78 is 8.43. The molecule has 0 bridgehead atoms. The lowest BCUT2D eigenvalue weighted by molar-refractivity contribution is 0.312. The topological polar surface area (TPSA) is 52.0 Å². The molecule has 2 aromatic rings. The number of nitrogens with zero attached hydrogens (tertiary/aromatic N) is 3. The normalized spacial score (nSPS) is 10.5. The molecule has 5 nitrogen and oxygen atoms in total. The number of halogens is 1. The van der Waals surface area contributed by atoms with Crippen LogP contribution in [-0.2, 0) is 6.54 Å². The Bertz CT molecular complexity index is 444. The van der Waals surface area contributed by atoms with Crippen LogP contribution < -0.4 is 10.1 Å². The summed E-state index contributed by atoms with van der Waals surface area (Å²) in [6, 6.07) is 7.82. The number of rotatable bonds is 7. The van der Waals surface area contributed by atoms with Crippen LogP contribution in [0.2, 0.25) is 0 Å². The van der Waals surface area contributed by atoms with Crippen LogP contribution in [0.1, 0.15) is 0 Å². The molecule has 0 unspecified atom stereocenters. The van der Waals surface area contributed by atoms with Gasteiger partial charge in [-0.2, -0.15) is 0 Å². The second kappa shape index (κ2) is 7.13. The van der Waals surface area contributed by atoms with Gasteiger partial charge in [0.25, 0.3) is 0 Å². The van der Waals surface area contributed by atoms with Crippen molar-refractivity contribution in [3.8, 4) is 5.75 Å². The van der Waals surface area contributed by atoms with E-state index in [1.807, 2.05) is 30.5 Å². The molecule has 1 aromatic carbocycles. The zero-order valence-electron chi connectivity index (χ0n) is 9.92. The standard InChI is InChI=1S/C12H15BrN4O/c13-11-1-3-12(4-2-11)18-10-7-14-5-8-17-9-6-15-16-17/h1-4,6,9,14H,5,7-8,10H2. The molecule has 0 aliphatic rings. The summed E-state index contributed by atoms with van der Waals surface area (Å²) in [5.41, 5.74) is 0. The zero-order valence-corrected chi connectivity index (χ0v) is 11.5. The Kier molecular flexibility index (Phi) is 5.16. The number of hydrogen-bond acceptors (Lipinski definition) is 4. The summed E-state index contributed by atoms with van der Waals surface area (Å²) in [5.74, 6) is 0.885. The lowest BCUT2D eigenvalue weighted by Gasteiger charge is -2.07. The van der Waals surface area contributed by atoms with Gasteiger partial charge in [0.05, 0.1) is 12.7 Å². The zero-order chi connectivity index (χ0) is 12.6. The molecule has 1 N–H and O–H groups in total. The average molecular weight is 311 g/mol. The van der Waals surface area contributed by atoms with E-state index in [1.165, 1.54) is 0 Å². The lowest BCUT2D eigenvalue weighted by Crippen LogP contribution is -2.25. The predicted octanol–water partition coefficient (Wildman–Crippen LogP) is 1.71. The van der Waals surface area contributed by atoms with E-state index in [9.17, 15) is 0 Å². The Hall–Kier alpha value is -1.40. The first kappa shape index (κ1) is 13.0. The van der Waals surface area contributed by atoms with E-state index >= 15 is 0 Å². The van der Waals surface area contributed by atoms with Gasteiger partial charge in [-0.25, -0.2) is 0 Å². The van der Waals surface area contributed by atoms with Gasteiger partial charge in [0.1, 0.15) is 12.4 Å². The van der Waals surface area contributed by atoms with Gasteiger partial charge in [-0.05, 0) is 24.3 Å². The van der Waals surface area contributed by atoms with Crippen LogP contribution in [0.3, 0.4) is 0 Å². The van der Waals surface area contributed by atoms with Crippen LogP contribution >= 0.6 is 15.9 Å². The molecule has 2 rings (SSSR count). The molecular formula is C12H15BrN4O. The van der Waals surface area contributed by atoms with Crippen molar-refractivity contribution in [3.63, 3.8) is 0 Å². The minimum Gasteiger partial charge on any atom is -0.492 e. The predicted molar refractivity (Wildman–Crippen MR) is 72.5 cm³/mol. The van der Waals surface area contributed by atoms with Gasteiger partial charge in [-0.1, -0.05) is 21.1 Å². The summed E-state index contributed by atoms with van der Waals surface area (Å²) in [4.78, 5) is 0. The highest BCUT2D eigenvalue weighted by molar-refractivity contribution is 9.10. The fourth-order valence-corrected chi connectivity index (χ4v) is 1.71. The van der Waals surface area contributed by atoms with Crippen molar-refractivity contribution in [2.45, 2.75) is 6.54 Å². The number of hydrogen-bond donors (Lipinski definition) is 1. The second-order valence-electron chi connectivity index (χ2n) is 3.72. The van der Waals surface area contributed by atoms with Gasteiger partial charge in [-0.15, -0.1) is 5.10 Å². The number of nitrogens with one attached hydrogen (secondary N) is 1. The molecule has 1 heterocycles. The van der Waals surface area contributed by atoms with Crippen molar-refractivity contribution in [1.82, 2.24) is 20.3 Å². The minimum atomic E-state index is 0.652. The number of benzene rings is 1. The first-order valence-electron chi connectivity index (χ1n) is 5.78. The molecule has 0 spiro atoms. The van der Waals surface area contributed by atoms with Crippen molar-refractivity contribution in [2.75, 3.05) is 19.7 Å². The molecule has 0 fully saturated rings. The highest BCUT2D eigenvalue weighted by atomic mass is 79.9. The largest absolute Gasteiger partial charge is 0.492 e. The van der Waals surface area contributed by atoms with Gasteiger partial charge in [-0.3, -0.25) is 4.68 Å². The first-order valence-corrected chi connectivity index (χ1v) is 6.57. The van der Waals surface area contributed by atoms with E-state index < -0.39 is 0 Å². The molecule has 0 radical (unpaired) electrons. The Labute approximate surface area is 114 Å². The molecule has 6 heteroatoms. The maximum absolute atomic E-state index is 5.58. The highest BCUT2D eigenvalue weighted by Crippen LogP contribution is 2.15. The second-order valence-corrected chi connectivity index (χ2v) is 4.63. The molecule has 0 saturated carbocycles. The molecule has 0 atom stereocenters. The molecular weight excluding hydrogens is 296 g/mol. The Morgan fingerprint density at radius 3 is 2.78 bits per heavy atom. The smallest absolute Gasteiger partial charge is 0.119 e. The van der Waals surface area contributed by atoms with Crippen LogP contribution in [-0.4, -0.2) is 34.7 Å². The lowest BCUT2D eigenvalue weighted by atomic mass is 10.3. The monoisotopic (exact) mass is 310 g/mol. The maximum atomic E-state index is 5.58. The van der Waals surface area contributed by atoms with Gasteiger partial charge < -0.3 is 10.1 Å². The molecule has 96 valence electrons. The summed E-state index contributed by atoms with van der Waals surface area (Å²) in [6.07, 6.45) is 3.52. The quantitative estimate of drug-likeness (QED) is 0.791. The van der Waals surface area contributed by atoms with Crippen molar-refractivity contribution >= 4 is 15.9 Å². The van der Waals surface area contributed by atoms with Crippen LogP contribution in [0.25, 0.3) is 0 Å². The van der Waals surface area contributed by atoms with E-state index in [0.29, 0.717) is 6.61 Å². The van der Waals surface area contributed by atoms with Crippen LogP contribution in [0.4, 0.5) is 0 Å². The minimum absolute atomic E-state index is 0.652. The van der Waals surface area contributed by atoms with Crippen molar-refractivity contribution < 1.29 is 4.74 Å². The Morgan fingerprint density at radius 2 is 2.06 bits per heavy atom. The fraction of sp³-hybridized carbons (Fsp3) is 0.333. The van der Waals surface area contributed by atoms with Crippen molar-refractivity contribution in [2.24, 2.45) is 0 Å². The molecule has 18 heavy (non-hydrogen) atoms. The van der Waals surface area contributed by atoms with Gasteiger partial charge in [0.15, 0.2) is 0 Å². The van der Waals surface area contributed by atoms with E-state index in [4.69, 9.17) is 4.74 Å². The molecule has 0 aliphatic heterocycles. The first-order chi connectivity index (χ1) is 8.84. The van der Waals surface area contributed by atoms with Crippen LogP contribution in [0.15, 0.2) is 41.1 Å². The van der Waals surface area contributed by atoms with Gasteiger partial charge in [0, 0.05) is 23.8 Å². The molecule has 0 aliphatic carbocycles. The van der Waals surface area contributed by atoms with E-state index in [1.54, 1.807) is 10.9 Å². The van der Waals surface area contributed by atoms with Crippen molar-refractivity contribution in [1.29, 1.82) is 0 Å². The number of ether oxygens (including phenoxy) is 1. The third-order valence-corrected chi connectivity index (χ3v) is 2.88. The SMILES string of the molecule is Brc1ccc(OCCNCCn2ccnn2)cc1. The van der Waals surface area contributed by atoms with Gasteiger partial charge in [0.2, 0.25) is 0 Å². The van der Waals surface area contributed by atoms with Crippen LogP contribution in [0, 0.1) is 0 Å². The van der Waals surface area contributed by atoms with Crippen LogP contribution in [0.5, 0.6) is 5.75 Å². The maximum Gasteiger partial charge on any atom is 0.119 e. The Morgan fingerprint density at radius 1 is 1.22 bits per heavy atom. The summed E-state index contributed by atoms with van der Waals surface area (Å²) >= 11 is 3.39. The molecule has 1 aromatic heterocycles. The highest BCUT2D eigenvalue weighted by Gasteiger charge is 1.94. The van der Waals surface area contributed by atoms with E-state index in [0.717, 1.165) is 29.9 Å². The van der Waals surface area contributed by atoms with Crippen molar-refractivity contribution in [3.05, 3.63) is 41.1 Å². The summed E-state index contributed by atoms with van der Waals surface area (Å²) in [7, 11) is 0. The third kappa shape index (κ3) is 4.46. The number of aromatic nitrogens is 3. The fourth-order valence-electron chi connectivity index (χ4n) is 1.44. The molecule has 0 saturated heterocycles. The summed E-state index contributed by atoms with van der Waals surface area (Å²) in [6.45, 7) is 3.13. The average Bonchev–Trinajstić information content (AvgIpc) is 2.89. The van der Waals surface area contributed by atoms with E-state index in [-0.39, 0.29) is 0 Å².